The van der Waals surface area contributed by atoms with Crippen LogP contribution in [-0.2, 0) is 0 Å². The Morgan fingerprint density at radius 3 is 2.52 bits per heavy atom. The second-order valence-corrected chi connectivity index (χ2v) is 6.68. The van der Waals surface area contributed by atoms with Crippen LogP contribution in [0.15, 0.2) is 107 Å². The van der Waals surface area contributed by atoms with E-state index in [1.807, 2.05) is 103 Å². The molecule has 3 aromatic carbocycles. The first kappa shape index (κ1) is 20.0. The molecule has 0 aliphatic heterocycles. The summed E-state index contributed by atoms with van der Waals surface area (Å²) in [6.45, 7) is 0. The molecule has 0 bridgehead atoms. The number of pyridine rings is 1. The summed E-state index contributed by atoms with van der Waals surface area (Å²) in [5.74, 6) is 1.20. The predicted octanol–water partition coefficient (Wildman–Crippen LogP) is 5.61. The number of aromatic nitrogens is 1. The Labute approximate surface area is 181 Å². The van der Waals surface area contributed by atoms with Gasteiger partial charge in [0, 0.05) is 11.6 Å². The molecule has 1 N–H and O–H groups in total. The van der Waals surface area contributed by atoms with E-state index >= 15 is 0 Å². The summed E-state index contributed by atoms with van der Waals surface area (Å²) >= 11 is 0. The third-order valence-electron chi connectivity index (χ3n) is 4.58. The van der Waals surface area contributed by atoms with Crippen molar-refractivity contribution >= 4 is 34.7 Å². The average molecular weight is 406 g/mol. The van der Waals surface area contributed by atoms with Crippen molar-refractivity contribution in [2.45, 2.75) is 0 Å². The second kappa shape index (κ2) is 9.98. The summed E-state index contributed by atoms with van der Waals surface area (Å²) in [5, 5.41) is 5.39. The van der Waals surface area contributed by atoms with Gasteiger partial charge in [-0.2, -0.15) is 5.10 Å². The lowest BCUT2D eigenvalue weighted by atomic mass is 10.2. The lowest BCUT2D eigenvalue weighted by Gasteiger charge is -2.09. The molecule has 0 spiro atoms. The van der Waals surface area contributed by atoms with Crippen LogP contribution in [-0.4, -0.2) is 24.1 Å². The van der Waals surface area contributed by atoms with Crippen LogP contribution in [0.1, 0.15) is 11.3 Å². The molecule has 1 heterocycles. The van der Waals surface area contributed by atoms with Gasteiger partial charge in [0.2, 0.25) is 0 Å². The normalized spacial score (nSPS) is 12.0. The van der Waals surface area contributed by atoms with E-state index in [0.717, 1.165) is 16.5 Å². The smallest absolute Gasteiger partial charge is 0.173 e. The SMILES string of the molecule is COc1ccccc1N=C(N/N=C/C=C/c1ccccc1)c1ccc2ccccc2n1. The van der Waals surface area contributed by atoms with Gasteiger partial charge in [-0.05, 0) is 35.9 Å². The molecule has 4 aromatic rings. The number of hydrogen-bond acceptors (Lipinski definition) is 4. The molecule has 5 nitrogen and oxygen atoms in total. The van der Waals surface area contributed by atoms with E-state index in [1.165, 1.54) is 0 Å². The molecule has 4 rings (SSSR count). The zero-order chi connectivity index (χ0) is 21.3. The lowest BCUT2D eigenvalue weighted by molar-refractivity contribution is 0.416. The number of benzene rings is 3. The number of para-hydroxylation sites is 3. The van der Waals surface area contributed by atoms with Crippen LogP contribution < -0.4 is 10.2 Å². The monoisotopic (exact) mass is 406 g/mol. The minimum Gasteiger partial charge on any atom is -0.494 e. The number of nitrogens with one attached hydrogen (secondary N) is 1. The Hall–Kier alpha value is -4.25. The van der Waals surface area contributed by atoms with Crippen LogP contribution in [0.4, 0.5) is 5.69 Å². The molecule has 0 fully saturated rings. The van der Waals surface area contributed by atoms with Gasteiger partial charge < -0.3 is 4.74 Å². The van der Waals surface area contributed by atoms with Crippen molar-refractivity contribution in [3.63, 3.8) is 0 Å². The number of methoxy groups -OCH3 is 1. The second-order valence-electron chi connectivity index (χ2n) is 6.68. The van der Waals surface area contributed by atoms with Gasteiger partial charge in [-0.1, -0.05) is 72.8 Å². The Kier molecular flexibility index (Phi) is 6.45. The molecule has 0 amide bonds. The number of rotatable bonds is 6. The van der Waals surface area contributed by atoms with Gasteiger partial charge in [0.1, 0.15) is 17.1 Å². The molecule has 0 aliphatic carbocycles. The van der Waals surface area contributed by atoms with Crippen molar-refractivity contribution in [2.75, 3.05) is 7.11 Å². The van der Waals surface area contributed by atoms with Crippen LogP contribution in [0.25, 0.3) is 17.0 Å². The quantitative estimate of drug-likeness (QED) is 0.257. The van der Waals surface area contributed by atoms with Crippen molar-refractivity contribution in [1.29, 1.82) is 0 Å². The van der Waals surface area contributed by atoms with E-state index < -0.39 is 0 Å². The Bertz CT molecular complexity index is 1250. The van der Waals surface area contributed by atoms with Crippen molar-refractivity contribution in [1.82, 2.24) is 10.4 Å². The topological polar surface area (TPSA) is 58.9 Å². The number of fused-ring (bicyclic) bond motifs is 1. The average Bonchev–Trinajstić information content (AvgIpc) is 2.83. The number of nitrogens with zero attached hydrogens (tertiary/aromatic N) is 3. The van der Waals surface area contributed by atoms with Crippen LogP contribution in [0, 0.1) is 0 Å². The molecular weight excluding hydrogens is 384 g/mol. The molecule has 152 valence electrons. The molecule has 0 unspecified atom stereocenters. The van der Waals surface area contributed by atoms with E-state index in [4.69, 9.17) is 14.7 Å². The molecule has 31 heavy (non-hydrogen) atoms. The largest absolute Gasteiger partial charge is 0.494 e. The highest BCUT2D eigenvalue weighted by atomic mass is 16.5. The third-order valence-corrected chi connectivity index (χ3v) is 4.58. The Morgan fingerprint density at radius 2 is 1.65 bits per heavy atom. The number of hydrazone groups is 1. The van der Waals surface area contributed by atoms with Crippen LogP contribution in [0.2, 0.25) is 0 Å². The summed E-state index contributed by atoms with van der Waals surface area (Å²) in [6.07, 6.45) is 5.54. The van der Waals surface area contributed by atoms with E-state index in [9.17, 15) is 0 Å². The lowest BCUT2D eigenvalue weighted by Crippen LogP contribution is -2.20. The number of ether oxygens (including phenoxy) is 1. The molecule has 1 aromatic heterocycles. The van der Waals surface area contributed by atoms with Gasteiger partial charge in [-0.3, -0.25) is 5.43 Å². The maximum absolute atomic E-state index is 5.44. The van der Waals surface area contributed by atoms with Gasteiger partial charge in [0.25, 0.3) is 0 Å². The Balaban J connectivity index is 1.64. The first-order chi connectivity index (χ1) is 15.3. The standard InChI is InChI=1S/C26H22N4O/c1-31-25-16-8-7-15-23(25)29-26(24-18-17-21-13-5-6-14-22(21)28-24)30-27-19-9-12-20-10-3-2-4-11-20/h2-19H,1H3,(H,29,30)/b12-9+,27-19+. The van der Waals surface area contributed by atoms with E-state index in [1.54, 1.807) is 13.3 Å². The highest BCUT2D eigenvalue weighted by molar-refractivity contribution is 6.01. The van der Waals surface area contributed by atoms with Crippen LogP contribution in [0.5, 0.6) is 5.75 Å². The molecule has 5 heteroatoms. The fraction of sp³-hybridized carbons (Fsp3) is 0.0385. The van der Waals surface area contributed by atoms with Crippen molar-refractivity contribution < 1.29 is 4.74 Å². The van der Waals surface area contributed by atoms with E-state index in [-0.39, 0.29) is 0 Å². The summed E-state index contributed by atoms with van der Waals surface area (Å²) < 4.78 is 5.44. The summed E-state index contributed by atoms with van der Waals surface area (Å²) in [4.78, 5) is 9.49. The van der Waals surface area contributed by atoms with E-state index in [2.05, 4.69) is 10.5 Å². The van der Waals surface area contributed by atoms with E-state index in [0.29, 0.717) is 23.0 Å². The fourth-order valence-electron chi connectivity index (χ4n) is 3.04. The maximum Gasteiger partial charge on any atom is 0.173 e. The van der Waals surface area contributed by atoms with Crippen LogP contribution >= 0.6 is 0 Å². The predicted molar refractivity (Wildman–Crippen MR) is 128 cm³/mol. The zero-order valence-electron chi connectivity index (χ0n) is 17.1. The van der Waals surface area contributed by atoms with Gasteiger partial charge in [0.05, 0.1) is 12.6 Å². The number of amidine groups is 1. The molecular formula is C26H22N4O. The van der Waals surface area contributed by atoms with Gasteiger partial charge in [0.15, 0.2) is 5.84 Å². The highest BCUT2D eigenvalue weighted by Crippen LogP contribution is 2.27. The minimum atomic E-state index is 0.527. The maximum atomic E-state index is 5.44. The Morgan fingerprint density at radius 1 is 0.871 bits per heavy atom. The van der Waals surface area contributed by atoms with Gasteiger partial charge >= 0.3 is 0 Å². The number of aliphatic imine (C=N–C) groups is 1. The summed E-state index contributed by atoms with van der Waals surface area (Å²) in [7, 11) is 1.63. The summed E-state index contributed by atoms with van der Waals surface area (Å²) in [6, 6.07) is 29.6. The number of hydrogen-bond donors (Lipinski definition) is 1. The third kappa shape index (κ3) is 5.22. The molecule has 0 radical (unpaired) electrons. The summed E-state index contributed by atoms with van der Waals surface area (Å²) in [5.41, 5.74) is 6.41. The van der Waals surface area contributed by atoms with Crippen molar-refractivity contribution in [2.24, 2.45) is 10.1 Å². The first-order valence-corrected chi connectivity index (χ1v) is 9.92. The van der Waals surface area contributed by atoms with Gasteiger partial charge in [-0.15, -0.1) is 0 Å². The molecule has 0 atom stereocenters. The van der Waals surface area contributed by atoms with Crippen LogP contribution in [0.3, 0.4) is 0 Å². The van der Waals surface area contributed by atoms with Crippen molar-refractivity contribution in [3.8, 4) is 5.75 Å². The van der Waals surface area contributed by atoms with Crippen molar-refractivity contribution in [3.05, 3.63) is 108 Å². The first-order valence-electron chi connectivity index (χ1n) is 9.92. The van der Waals surface area contributed by atoms with Gasteiger partial charge in [-0.25, -0.2) is 9.98 Å². The minimum absolute atomic E-state index is 0.527. The fourth-order valence-corrected chi connectivity index (χ4v) is 3.04. The number of allylic oxidation sites excluding steroid dienone is 1. The molecule has 0 saturated carbocycles. The molecule has 0 aliphatic rings. The molecule has 0 saturated heterocycles. The highest BCUT2D eigenvalue weighted by Gasteiger charge is 2.08. The zero-order valence-corrected chi connectivity index (χ0v) is 17.1.